The van der Waals surface area contributed by atoms with Crippen molar-refractivity contribution in [2.75, 3.05) is 0 Å². The molecule has 21 heavy (non-hydrogen) atoms. The summed E-state index contributed by atoms with van der Waals surface area (Å²) in [6.45, 7) is 1.73. The molecule has 3 aromatic rings. The summed E-state index contributed by atoms with van der Waals surface area (Å²) in [5, 5.41) is 0.560. The zero-order valence-corrected chi connectivity index (χ0v) is 13.1. The number of hydrogen-bond acceptors (Lipinski definition) is 2. The molecule has 0 aliphatic heterocycles. The third kappa shape index (κ3) is 2.51. The Hall–Kier alpha value is -1.59. The maximum absolute atomic E-state index is 14.0. The van der Waals surface area contributed by atoms with E-state index in [-0.39, 0.29) is 22.3 Å². The van der Waals surface area contributed by atoms with E-state index in [0.29, 0.717) is 21.0 Å². The van der Waals surface area contributed by atoms with Gasteiger partial charge in [-0.15, -0.1) is 0 Å². The summed E-state index contributed by atoms with van der Waals surface area (Å²) >= 11 is 9.46. The molecule has 2 nitrogen and oxygen atoms in total. The van der Waals surface area contributed by atoms with Crippen LogP contribution in [0.2, 0.25) is 5.15 Å². The molecule has 1 heterocycles. The normalized spacial score (nSPS) is 11.1. The minimum absolute atomic E-state index is 0.128. The minimum Gasteiger partial charge on any atom is -0.225 e. The highest BCUT2D eigenvalue weighted by atomic mass is 79.9. The fraction of sp³-hybridized carbons (Fsp3) is 0.0667. The molecule has 0 N–H and O–H groups in total. The summed E-state index contributed by atoms with van der Waals surface area (Å²) in [5.74, 6) is -0.572. The zero-order valence-electron chi connectivity index (χ0n) is 10.8. The summed E-state index contributed by atoms with van der Waals surface area (Å²) in [4.78, 5) is 8.43. The van der Waals surface area contributed by atoms with Crippen LogP contribution in [0.1, 0.15) is 5.56 Å². The van der Waals surface area contributed by atoms with Crippen LogP contribution in [0.25, 0.3) is 22.3 Å². The Kier molecular flexibility index (Phi) is 3.63. The maximum Gasteiger partial charge on any atom is 0.161 e. The van der Waals surface area contributed by atoms with Gasteiger partial charge in [-0.25, -0.2) is 18.7 Å². The number of halogens is 4. The second-order valence-corrected chi connectivity index (χ2v) is 5.76. The average molecular weight is 370 g/mol. The molecule has 0 saturated carbocycles. The van der Waals surface area contributed by atoms with Crippen molar-refractivity contribution in [2.45, 2.75) is 6.92 Å². The van der Waals surface area contributed by atoms with Crippen molar-refractivity contribution in [2.24, 2.45) is 0 Å². The van der Waals surface area contributed by atoms with Gasteiger partial charge in [0.25, 0.3) is 0 Å². The predicted octanol–water partition coefficient (Wildman–Crippen LogP) is 5.30. The van der Waals surface area contributed by atoms with Crippen molar-refractivity contribution in [3.8, 4) is 11.4 Å². The van der Waals surface area contributed by atoms with E-state index in [1.54, 1.807) is 19.1 Å². The van der Waals surface area contributed by atoms with Gasteiger partial charge >= 0.3 is 0 Å². The fourth-order valence-electron chi connectivity index (χ4n) is 2.12. The molecular weight excluding hydrogens is 362 g/mol. The number of nitrogens with zero attached hydrogens (tertiary/aromatic N) is 2. The van der Waals surface area contributed by atoms with Gasteiger partial charge in [-0.05, 0) is 58.7 Å². The highest BCUT2D eigenvalue weighted by Crippen LogP contribution is 2.32. The Bertz CT molecular complexity index is 868. The standard InChI is InChI=1S/C15H8BrClF2N2/c1-7-6-8(18)2-3-9(7)15-20-13-11(19)5-4-10(16)12(13)14(17)21-15/h2-6H,1H3. The number of hydrogen-bond donors (Lipinski definition) is 0. The Morgan fingerprint density at radius 2 is 1.86 bits per heavy atom. The molecule has 0 unspecified atom stereocenters. The predicted molar refractivity (Wildman–Crippen MR) is 82.3 cm³/mol. The van der Waals surface area contributed by atoms with Gasteiger partial charge in [0.15, 0.2) is 5.82 Å². The van der Waals surface area contributed by atoms with Crippen molar-refractivity contribution in [1.29, 1.82) is 0 Å². The van der Waals surface area contributed by atoms with Crippen LogP contribution in [-0.4, -0.2) is 9.97 Å². The lowest BCUT2D eigenvalue weighted by atomic mass is 10.1. The van der Waals surface area contributed by atoms with Gasteiger partial charge in [0.1, 0.15) is 22.3 Å². The second kappa shape index (κ2) is 5.31. The average Bonchev–Trinajstić information content (AvgIpc) is 2.42. The molecular formula is C15H8BrClF2N2. The van der Waals surface area contributed by atoms with Gasteiger partial charge in [-0.3, -0.25) is 0 Å². The van der Waals surface area contributed by atoms with E-state index < -0.39 is 5.82 Å². The van der Waals surface area contributed by atoms with Crippen molar-refractivity contribution in [3.63, 3.8) is 0 Å². The number of aryl methyl sites for hydroxylation is 1. The molecule has 0 fully saturated rings. The number of rotatable bonds is 1. The van der Waals surface area contributed by atoms with Crippen LogP contribution in [0.15, 0.2) is 34.8 Å². The minimum atomic E-state index is -0.487. The van der Waals surface area contributed by atoms with Crippen LogP contribution in [-0.2, 0) is 0 Å². The topological polar surface area (TPSA) is 25.8 Å². The van der Waals surface area contributed by atoms with Gasteiger partial charge in [-0.2, -0.15) is 0 Å². The summed E-state index contributed by atoms with van der Waals surface area (Å²) in [6, 6.07) is 7.08. The van der Waals surface area contributed by atoms with Crippen molar-refractivity contribution >= 4 is 38.4 Å². The molecule has 0 saturated heterocycles. The lowest BCUT2D eigenvalue weighted by molar-refractivity contribution is 0.626. The van der Waals surface area contributed by atoms with Crippen LogP contribution in [0.3, 0.4) is 0 Å². The van der Waals surface area contributed by atoms with Gasteiger partial charge in [0.2, 0.25) is 0 Å². The summed E-state index contributed by atoms with van der Waals surface area (Å²) < 4.78 is 27.8. The zero-order chi connectivity index (χ0) is 15.1. The van der Waals surface area contributed by atoms with E-state index in [2.05, 4.69) is 25.9 Å². The molecule has 0 spiro atoms. The van der Waals surface area contributed by atoms with Gasteiger partial charge in [0.05, 0.1) is 5.39 Å². The Balaban J connectivity index is 2.33. The molecule has 3 rings (SSSR count). The molecule has 106 valence electrons. The molecule has 0 aliphatic carbocycles. The molecule has 2 aromatic carbocycles. The van der Waals surface area contributed by atoms with Gasteiger partial charge in [-0.1, -0.05) is 11.6 Å². The molecule has 0 amide bonds. The largest absolute Gasteiger partial charge is 0.225 e. The molecule has 0 radical (unpaired) electrons. The maximum atomic E-state index is 14.0. The number of aromatic nitrogens is 2. The van der Waals surface area contributed by atoms with E-state index in [1.807, 2.05) is 0 Å². The third-order valence-electron chi connectivity index (χ3n) is 3.14. The van der Waals surface area contributed by atoms with Crippen LogP contribution >= 0.6 is 27.5 Å². The van der Waals surface area contributed by atoms with E-state index in [9.17, 15) is 8.78 Å². The van der Waals surface area contributed by atoms with Gasteiger partial charge < -0.3 is 0 Å². The first-order valence-corrected chi connectivity index (χ1v) is 7.22. The van der Waals surface area contributed by atoms with Crippen LogP contribution in [0.4, 0.5) is 8.78 Å². The molecule has 6 heteroatoms. The van der Waals surface area contributed by atoms with E-state index in [1.165, 1.54) is 18.2 Å². The first-order chi connectivity index (χ1) is 9.97. The monoisotopic (exact) mass is 368 g/mol. The Morgan fingerprint density at radius 1 is 1.10 bits per heavy atom. The lowest BCUT2D eigenvalue weighted by Crippen LogP contribution is -1.96. The molecule has 0 bridgehead atoms. The second-order valence-electron chi connectivity index (χ2n) is 4.55. The van der Waals surface area contributed by atoms with Crippen molar-refractivity contribution in [3.05, 3.63) is 57.2 Å². The molecule has 0 aliphatic rings. The first kappa shape index (κ1) is 14.4. The summed E-state index contributed by atoms with van der Waals surface area (Å²) in [7, 11) is 0. The van der Waals surface area contributed by atoms with Crippen LogP contribution in [0.5, 0.6) is 0 Å². The fourth-order valence-corrected chi connectivity index (χ4v) is 3.02. The Morgan fingerprint density at radius 3 is 2.57 bits per heavy atom. The van der Waals surface area contributed by atoms with Crippen LogP contribution in [0, 0.1) is 18.6 Å². The molecule has 1 aromatic heterocycles. The first-order valence-electron chi connectivity index (χ1n) is 6.05. The molecule has 0 atom stereocenters. The summed E-state index contributed by atoms with van der Waals surface area (Å²) in [6.07, 6.45) is 0. The SMILES string of the molecule is Cc1cc(F)ccc1-c1nc(Cl)c2c(Br)ccc(F)c2n1. The van der Waals surface area contributed by atoms with Crippen molar-refractivity contribution in [1.82, 2.24) is 9.97 Å². The van der Waals surface area contributed by atoms with Gasteiger partial charge in [0, 0.05) is 10.0 Å². The van der Waals surface area contributed by atoms with E-state index in [4.69, 9.17) is 11.6 Å². The number of benzene rings is 2. The van der Waals surface area contributed by atoms with Crippen LogP contribution < -0.4 is 0 Å². The van der Waals surface area contributed by atoms with E-state index in [0.717, 1.165) is 0 Å². The number of fused-ring (bicyclic) bond motifs is 1. The third-order valence-corrected chi connectivity index (χ3v) is 4.07. The quantitative estimate of drug-likeness (QED) is 0.544. The van der Waals surface area contributed by atoms with E-state index >= 15 is 0 Å². The highest BCUT2D eigenvalue weighted by Gasteiger charge is 2.15. The summed E-state index contributed by atoms with van der Waals surface area (Å²) in [5.41, 5.74) is 1.39. The smallest absolute Gasteiger partial charge is 0.161 e. The Labute approximate surface area is 132 Å². The van der Waals surface area contributed by atoms with Crippen molar-refractivity contribution < 1.29 is 8.78 Å². The lowest BCUT2D eigenvalue weighted by Gasteiger charge is -2.09. The highest BCUT2D eigenvalue weighted by molar-refractivity contribution is 9.10.